The van der Waals surface area contributed by atoms with E-state index in [1.807, 2.05) is 18.2 Å². The molecule has 0 bridgehead atoms. The largest absolute Gasteiger partial charge is 0.447 e. The van der Waals surface area contributed by atoms with E-state index in [2.05, 4.69) is 0 Å². The molecule has 16 heavy (non-hydrogen) atoms. The highest BCUT2D eigenvalue weighted by Gasteiger charge is 2.42. The van der Waals surface area contributed by atoms with Crippen LogP contribution in [0.2, 0.25) is 0 Å². The number of carbonyl (C=O) groups excluding carboxylic acids is 2. The molecule has 1 amide bonds. The normalized spacial score (nSPS) is 22.0. The average molecular weight is 219 g/mol. The lowest BCUT2D eigenvalue weighted by Gasteiger charge is -2.27. The lowest BCUT2D eigenvalue weighted by atomic mass is 9.94. The van der Waals surface area contributed by atoms with Crippen LogP contribution in [0, 0.1) is 0 Å². The Hall–Kier alpha value is -1.84. The molecule has 4 nitrogen and oxygen atoms in total. The fourth-order valence-corrected chi connectivity index (χ4v) is 2.10. The molecule has 1 unspecified atom stereocenters. The quantitative estimate of drug-likeness (QED) is 0.668. The maximum absolute atomic E-state index is 12.0. The fourth-order valence-electron chi connectivity index (χ4n) is 2.10. The summed E-state index contributed by atoms with van der Waals surface area (Å²) in [5.74, 6) is -0.0114. The van der Waals surface area contributed by atoms with Crippen molar-refractivity contribution in [3.05, 3.63) is 35.4 Å². The van der Waals surface area contributed by atoms with E-state index in [0.29, 0.717) is 6.54 Å². The van der Waals surface area contributed by atoms with Crippen LogP contribution in [-0.4, -0.2) is 29.4 Å². The van der Waals surface area contributed by atoms with E-state index >= 15 is 0 Å². The smallest absolute Gasteiger partial charge is 0.410 e. The Labute approximate surface area is 93.8 Å². The van der Waals surface area contributed by atoms with E-state index in [9.17, 15) is 9.59 Å². The van der Waals surface area contributed by atoms with Crippen LogP contribution >= 0.6 is 0 Å². The molecule has 0 saturated carbocycles. The van der Waals surface area contributed by atoms with Gasteiger partial charge >= 0.3 is 6.09 Å². The molecular weight excluding hydrogens is 206 g/mol. The van der Waals surface area contributed by atoms with Crippen LogP contribution in [0.3, 0.4) is 0 Å². The molecule has 0 aromatic heterocycles. The number of hydrogen-bond donors (Lipinski definition) is 0. The van der Waals surface area contributed by atoms with Crippen molar-refractivity contribution in [1.29, 1.82) is 0 Å². The summed E-state index contributed by atoms with van der Waals surface area (Å²) in [4.78, 5) is 24.8. The van der Waals surface area contributed by atoms with Crippen molar-refractivity contribution in [2.75, 3.05) is 6.61 Å². The summed E-state index contributed by atoms with van der Waals surface area (Å²) in [6.45, 7) is 0.664. The van der Waals surface area contributed by atoms with Gasteiger partial charge in [0.15, 0.2) is 5.78 Å². The zero-order valence-corrected chi connectivity index (χ0v) is 7.97. The third-order valence-electron chi connectivity index (χ3n) is 2.90. The minimum atomic E-state index is -0.410. The van der Waals surface area contributed by atoms with Crippen molar-refractivity contribution in [3.8, 4) is 0 Å². The van der Waals surface area contributed by atoms with Crippen LogP contribution in [0.15, 0.2) is 24.3 Å². The Kier molecular flexibility index (Phi) is 2.42. The van der Waals surface area contributed by atoms with Crippen LogP contribution in [0.5, 0.6) is 0 Å². The number of benzene rings is 1. The maximum Gasteiger partial charge on any atom is 0.410 e. The van der Waals surface area contributed by atoms with Crippen molar-refractivity contribution < 1.29 is 14.3 Å². The predicted octanol–water partition coefficient (Wildman–Crippen LogP) is 1.84. The van der Waals surface area contributed by atoms with Crippen LogP contribution in [0.4, 0.5) is 4.79 Å². The van der Waals surface area contributed by atoms with Crippen molar-refractivity contribution in [1.82, 2.24) is 4.90 Å². The van der Waals surface area contributed by atoms with Gasteiger partial charge in [0.05, 0.1) is 6.54 Å². The molecule has 0 N–H and O–H groups in total. The Morgan fingerprint density at radius 2 is 2.00 bits per heavy atom. The lowest BCUT2D eigenvalue weighted by molar-refractivity contribution is 0.0862. The lowest BCUT2D eigenvalue weighted by Crippen LogP contribution is -2.43. The van der Waals surface area contributed by atoms with Crippen molar-refractivity contribution >= 4 is 11.9 Å². The summed E-state index contributed by atoms with van der Waals surface area (Å²) in [6.07, 6.45) is -0.386. The molecule has 1 saturated heterocycles. The second-order valence-corrected chi connectivity index (χ2v) is 3.74. The third kappa shape index (κ3) is 1.30. The van der Waals surface area contributed by atoms with Crippen LogP contribution < -0.4 is 0 Å². The molecule has 1 atom stereocenters. The van der Waals surface area contributed by atoms with Gasteiger partial charge in [0.2, 0.25) is 0 Å². The van der Waals surface area contributed by atoms with Crippen molar-refractivity contribution in [3.63, 3.8) is 0 Å². The molecule has 0 spiro atoms. The van der Waals surface area contributed by atoms with E-state index in [-0.39, 0.29) is 25.9 Å². The minimum Gasteiger partial charge on any atom is -0.447 e. The van der Waals surface area contributed by atoms with Gasteiger partial charge in [-0.2, -0.15) is 0 Å². The van der Waals surface area contributed by atoms with Gasteiger partial charge in [0, 0.05) is 5.56 Å². The number of cyclic esters (lactones) is 1. The van der Waals surface area contributed by atoms with Gasteiger partial charge < -0.3 is 4.74 Å². The molecule has 1 fully saturated rings. The second kappa shape index (κ2) is 3.63. The number of carbonyl (C=O) groups is 2. The molecule has 0 radical (unpaired) electrons. The SMILES string of the molecule is C.O=C1c2ccccc2CN2C(=O)OCC12. The number of amides is 1. The Morgan fingerprint density at radius 3 is 2.81 bits per heavy atom. The van der Waals surface area contributed by atoms with Gasteiger partial charge in [0.1, 0.15) is 12.6 Å². The molecule has 2 heterocycles. The van der Waals surface area contributed by atoms with E-state index < -0.39 is 6.04 Å². The summed E-state index contributed by atoms with van der Waals surface area (Å²) in [5, 5.41) is 0. The van der Waals surface area contributed by atoms with Gasteiger partial charge in [0.25, 0.3) is 0 Å². The second-order valence-electron chi connectivity index (χ2n) is 3.74. The summed E-state index contributed by atoms with van der Waals surface area (Å²) in [7, 11) is 0. The number of Topliss-reactive ketones (excluding diaryl/α,β-unsaturated/α-hetero) is 1. The van der Waals surface area contributed by atoms with Gasteiger partial charge in [-0.25, -0.2) is 4.79 Å². The summed E-state index contributed by atoms with van der Waals surface area (Å²) >= 11 is 0. The molecule has 1 aromatic rings. The molecule has 2 aliphatic rings. The van der Waals surface area contributed by atoms with E-state index in [0.717, 1.165) is 11.1 Å². The van der Waals surface area contributed by atoms with Crippen LogP contribution in [0.1, 0.15) is 23.3 Å². The Balaban J connectivity index is 0.000000963. The molecule has 3 rings (SSSR count). The molecule has 0 aliphatic carbocycles. The topological polar surface area (TPSA) is 46.6 Å². The molecule has 1 aromatic carbocycles. The minimum absolute atomic E-state index is 0. The number of ketones is 1. The van der Waals surface area contributed by atoms with Crippen LogP contribution in [0.25, 0.3) is 0 Å². The Morgan fingerprint density at radius 1 is 1.25 bits per heavy atom. The molecule has 84 valence electrons. The summed E-state index contributed by atoms with van der Waals surface area (Å²) in [6, 6.07) is 6.97. The number of fused-ring (bicyclic) bond motifs is 2. The molecular formula is C12H13NO3. The van der Waals surface area contributed by atoms with E-state index in [1.165, 1.54) is 4.90 Å². The first kappa shape index (κ1) is 10.7. The van der Waals surface area contributed by atoms with E-state index in [4.69, 9.17) is 4.74 Å². The third-order valence-corrected chi connectivity index (χ3v) is 2.90. The summed E-state index contributed by atoms with van der Waals surface area (Å²) in [5.41, 5.74) is 1.62. The summed E-state index contributed by atoms with van der Waals surface area (Å²) < 4.78 is 4.87. The number of ether oxygens (including phenoxy) is 1. The first-order valence-electron chi connectivity index (χ1n) is 4.83. The van der Waals surface area contributed by atoms with Crippen LogP contribution in [-0.2, 0) is 11.3 Å². The highest BCUT2D eigenvalue weighted by atomic mass is 16.6. The zero-order chi connectivity index (χ0) is 10.4. The molecule has 2 aliphatic heterocycles. The standard InChI is InChI=1S/C11H9NO3.CH4/c13-10-8-4-2-1-3-7(8)5-12-9(10)6-15-11(12)14;/h1-4,9H,5-6H2;1H4. The highest BCUT2D eigenvalue weighted by molar-refractivity contribution is 6.04. The number of rotatable bonds is 0. The zero-order valence-electron chi connectivity index (χ0n) is 7.97. The highest BCUT2D eigenvalue weighted by Crippen LogP contribution is 2.27. The number of hydrogen-bond acceptors (Lipinski definition) is 3. The van der Waals surface area contributed by atoms with Crippen molar-refractivity contribution in [2.24, 2.45) is 0 Å². The Bertz CT molecular complexity index is 455. The van der Waals surface area contributed by atoms with Gasteiger partial charge in [-0.3, -0.25) is 9.69 Å². The predicted molar refractivity (Wildman–Crippen MR) is 58.2 cm³/mol. The average Bonchev–Trinajstić information content (AvgIpc) is 2.62. The number of nitrogens with zero attached hydrogens (tertiary/aromatic N) is 1. The van der Waals surface area contributed by atoms with E-state index in [1.54, 1.807) is 6.07 Å². The van der Waals surface area contributed by atoms with Gasteiger partial charge in [-0.05, 0) is 5.56 Å². The van der Waals surface area contributed by atoms with Crippen molar-refractivity contribution in [2.45, 2.75) is 20.0 Å². The maximum atomic E-state index is 12.0. The van der Waals surface area contributed by atoms with Gasteiger partial charge in [-0.1, -0.05) is 31.7 Å². The first-order valence-corrected chi connectivity index (χ1v) is 4.83. The van der Waals surface area contributed by atoms with Gasteiger partial charge in [-0.15, -0.1) is 0 Å². The molecule has 4 heteroatoms. The monoisotopic (exact) mass is 219 g/mol. The fraction of sp³-hybridized carbons (Fsp3) is 0.333. The first-order chi connectivity index (χ1) is 7.27.